The van der Waals surface area contributed by atoms with Crippen LogP contribution in [-0.4, -0.2) is 32.8 Å². The second kappa shape index (κ2) is 6.66. The summed E-state index contributed by atoms with van der Waals surface area (Å²) in [5.74, 6) is -0.287. The standard InChI is InChI=1S/C19H14F3N5O2/c1-29-11-7-5-10(6-8-11)27-16(19(20,21)22)13(9-24-27)18-25-14-4-2-3-12(17(23)28)15(14)26-18/h2-9H,1H3,(H2,23,28)(H,25,26). The van der Waals surface area contributed by atoms with Gasteiger partial charge in [0.1, 0.15) is 17.1 Å². The number of nitrogens with one attached hydrogen (secondary N) is 1. The molecule has 7 nitrogen and oxygen atoms in total. The number of fused-ring (bicyclic) bond motifs is 1. The molecule has 0 spiro atoms. The summed E-state index contributed by atoms with van der Waals surface area (Å²) in [4.78, 5) is 18.6. The molecule has 0 aliphatic carbocycles. The van der Waals surface area contributed by atoms with Crippen LogP contribution in [0.3, 0.4) is 0 Å². The van der Waals surface area contributed by atoms with Crippen molar-refractivity contribution >= 4 is 16.9 Å². The third-order valence-electron chi connectivity index (χ3n) is 4.39. The molecule has 0 aliphatic rings. The molecular weight excluding hydrogens is 387 g/mol. The Morgan fingerprint density at radius 2 is 1.90 bits per heavy atom. The van der Waals surface area contributed by atoms with Crippen molar-refractivity contribution in [1.29, 1.82) is 0 Å². The highest BCUT2D eigenvalue weighted by atomic mass is 19.4. The first-order valence-electron chi connectivity index (χ1n) is 8.38. The van der Waals surface area contributed by atoms with Crippen LogP contribution in [0.2, 0.25) is 0 Å². The van der Waals surface area contributed by atoms with Gasteiger partial charge in [0.25, 0.3) is 5.91 Å². The van der Waals surface area contributed by atoms with E-state index < -0.39 is 17.8 Å². The normalized spacial score (nSPS) is 11.7. The molecule has 0 fully saturated rings. The van der Waals surface area contributed by atoms with E-state index in [0.717, 1.165) is 10.9 Å². The van der Waals surface area contributed by atoms with Crippen LogP contribution in [0.1, 0.15) is 16.1 Å². The zero-order chi connectivity index (χ0) is 20.8. The number of carbonyl (C=O) groups is 1. The van der Waals surface area contributed by atoms with Gasteiger partial charge in [0.2, 0.25) is 0 Å². The third-order valence-corrected chi connectivity index (χ3v) is 4.39. The quantitative estimate of drug-likeness (QED) is 0.546. The largest absolute Gasteiger partial charge is 0.497 e. The molecule has 2 heterocycles. The average molecular weight is 401 g/mol. The van der Waals surface area contributed by atoms with Crippen LogP contribution in [0.5, 0.6) is 5.75 Å². The van der Waals surface area contributed by atoms with Gasteiger partial charge in [0.15, 0.2) is 5.69 Å². The summed E-state index contributed by atoms with van der Waals surface area (Å²) in [6.07, 6.45) is -3.63. The summed E-state index contributed by atoms with van der Waals surface area (Å²) < 4.78 is 47.6. The average Bonchev–Trinajstić information content (AvgIpc) is 3.31. The number of H-pyrrole nitrogens is 1. The molecule has 0 saturated carbocycles. The highest BCUT2D eigenvalue weighted by molar-refractivity contribution is 6.04. The number of hydrogen-bond donors (Lipinski definition) is 2. The number of alkyl halides is 3. The van der Waals surface area contributed by atoms with Crippen molar-refractivity contribution in [3.63, 3.8) is 0 Å². The maximum Gasteiger partial charge on any atom is 0.434 e. The number of amides is 1. The number of ether oxygens (including phenoxy) is 1. The molecule has 29 heavy (non-hydrogen) atoms. The molecule has 10 heteroatoms. The van der Waals surface area contributed by atoms with Gasteiger partial charge >= 0.3 is 6.18 Å². The van der Waals surface area contributed by atoms with E-state index in [2.05, 4.69) is 15.1 Å². The van der Waals surface area contributed by atoms with Crippen LogP contribution < -0.4 is 10.5 Å². The van der Waals surface area contributed by atoms with E-state index in [1.807, 2.05) is 0 Å². The summed E-state index contributed by atoms with van der Waals surface area (Å²) in [5.41, 5.74) is 4.99. The number of benzene rings is 2. The maximum absolute atomic E-state index is 13.9. The first-order chi connectivity index (χ1) is 13.8. The summed E-state index contributed by atoms with van der Waals surface area (Å²) in [6.45, 7) is 0. The van der Waals surface area contributed by atoms with Gasteiger partial charge < -0.3 is 15.5 Å². The number of methoxy groups -OCH3 is 1. The Labute approximate surface area is 161 Å². The lowest BCUT2D eigenvalue weighted by Crippen LogP contribution is -2.14. The molecule has 1 amide bonds. The van der Waals surface area contributed by atoms with E-state index in [1.54, 1.807) is 12.1 Å². The third kappa shape index (κ3) is 3.18. The lowest BCUT2D eigenvalue weighted by Gasteiger charge is -2.12. The van der Waals surface area contributed by atoms with Crippen LogP contribution >= 0.6 is 0 Å². The number of nitrogens with two attached hydrogens (primary N) is 1. The lowest BCUT2D eigenvalue weighted by atomic mass is 10.2. The highest BCUT2D eigenvalue weighted by Crippen LogP contribution is 2.38. The van der Waals surface area contributed by atoms with Crippen LogP contribution in [0.15, 0.2) is 48.7 Å². The van der Waals surface area contributed by atoms with Crippen molar-refractivity contribution in [2.24, 2.45) is 5.73 Å². The van der Waals surface area contributed by atoms with Crippen LogP contribution in [0.25, 0.3) is 28.1 Å². The number of imidazole rings is 1. The molecule has 4 aromatic rings. The minimum Gasteiger partial charge on any atom is -0.497 e. The van der Waals surface area contributed by atoms with Crippen LogP contribution in [-0.2, 0) is 6.18 Å². The Balaban J connectivity index is 1.91. The summed E-state index contributed by atoms with van der Waals surface area (Å²) in [7, 11) is 1.46. The monoisotopic (exact) mass is 401 g/mol. The van der Waals surface area contributed by atoms with Gasteiger partial charge in [0, 0.05) is 0 Å². The second-order valence-corrected chi connectivity index (χ2v) is 6.17. The maximum atomic E-state index is 13.9. The zero-order valence-corrected chi connectivity index (χ0v) is 15.0. The number of aromatic nitrogens is 4. The van der Waals surface area contributed by atoms with Crippen LogP contribution in [0.4, 0.5) is 13.2 Å². The fourth-order valence-electron chi connectivity index (χ4n) is 3.07. The van der Waals surface area contributed by atoms with Gasteiger partial charge in [-0.2, -0.15) is 18.3 Å². The van der Waals surface area contributed by atoms with E-state index in [9.17, 15) is 18.0 Å². The van der Waals surface area contributed by atoms with E-state index in [0.29, 0.717) is 11.3 Å². The highest BCUT2D eigenvalue weighted by Gasteiger charge is 2.40. The van der Waals surface area contributed by atoms with E-state index >= 15 is 0 Å². The van der Waals surface area contributed by atoms with Crippen LogP contribution in [0, 0.1) is 0 Å². The van der Waals surface area contributed by atoms with Crippen molar-refractivity contribution in [2.45, 2.75) is 6.18 Å². The molecule has 2 aromatic heterocycles. The number of nitrogens with zero attached hydrogens (tertiary/aromatic N) is 3. The summed E-state index contributed by atoms with van der Waals surface area (Å²) in [6, 6.07) is 10.6. The minimum atomic E-state index is -4.71. The number of rotatable bonds is 4. The number of aromatic amines is 1. The van der Waals surface area contributed by atoms with E-state index in [1.165, 1.54) is 37.4 Å². The fourth-order valence-corrected chi connectivity index (χ4v) is 3.07. The first-order valence-corrected chi connectivity index (χ1v) is 8.38. The Morgan fingerprint density at radius 3 is 2.52 bits per heavy atom. The van der Waals surface area contributed by atoms with Gasteiger partial charge in [0.05, 0.1) is 35.6 Å². The van der Waals surface area contributed by atoms with E-state index in [-0.39, 0.29) is 28.2 Å². The Kier molecular flexibility index (Phi) is 4.26. The summed E-state index contributed by atoms with van der Waals surface area (Å²) >= 11 is 0. The van der Waals surface area contributed by atoms with Gasteiger partial charge in [-0.1, -0.05) is 6.07 Å². The molecule has 0 radical (unpaired) electrons. The first kappa shape index (κ1) is 18.5. The fraction of sp³-hybridized carbons (Fsp3) is 0.105. The molecule has 0 aliphatic heterocycles. The van der Waals surface area contributed by atoms with E-state index in [4.69, 9.17) is 10.5 Å². The van der Waals surface area contributed by atoms with Crippen molar-refractivity contribution in [1.82, 2.24) is 19.7 Å². The van der Waals surface area contributed by atoms with Crippen molar-refractivity contribution < 1.29 is 22.7 Å². The predicted molar refractivity (Wildman–Crippen MR) is 98.7 cm³/mol. The van der Waals surface area contributed by atoms with Crippen molar-refractivity contribution in [3.8, 4) is 22.8 Å². The minimum absolute atomic E-state index is 0.0687. The number of carbonyl (C=O) groups excluding carboxylic acids is 1. The number of para-hydroxylation sites is 1. The second-order valence-electron chi connectivity index (χ2n) is 6.17. The Bertz CT molecular complexity index is 1210. The van der Waals surface area contributed by atoms with Gasteiger partial charge in [-0.3, -0.25) is 4.79 Å². The molecule has 0 unspecified atom stereocenters. The Morgan fingerprint density at radius 1 is 1.17 bits per heavy atom. The Hall–Kier alpha value is -3.82. The summed E-state index contributed by atoms with van der Waals surface area (Å²) in [5, 5.41) is 3.92. The smallest absolute Gasteiger partial charge is 0.434 e. The molecule has 148 valence electrons. The zero-order valence-electron chi connectivity index (χ0n) is 15.0. The van der Waals surface area contributed by atoms with Gasteiger partial charge in [-0.25, -0.2) is 9.67 Å². The van der Waals surface area contributed by atoms with Crippen molar-refractivity contribution in [3.05, 3.63) is 59.9 Å². The molecular formula is C19H14F3N5O2. The molecule has 2 aromatic carbocycles. The molecule has 4 rings (SSSR count). The topological polar surface area (TPSA) is 98.8 Å². The molecule has 0 atom stereocenters. The molecule has 0 bridgehead atoms. The molecule has 0 saturated heterocycles. The number of halogens is 3. The van der Waals surface area contributed by atoms with Crippen molar-refractivity contribution in [2.75, 3.05) is 7.11 Å². The predicted octanol–water partition coefficient (Wildman–Crippen LogP) is 3.54. The van der Waals surface area contributed by atoms with Gasteiger partial charge in [-0.05, 0) is 36.4 Å². The number of hydrogen-bond acceptors (Lipinski definition) is 4. The SMILES string of the molecule is COc1ccc(-n2ncc(-c3nc4c(C(N)=O)cccc4[nH]3)c2C(F)(F)F)cc1. The lowest BCUT2D eigenvalue weighted by molar-refractivity contribution is -0.142. The van der Waals surface area contributed by atoms with Gasteiger partial charge in [-0.15, -0.1) is 0 Å². The number of primary amides is 1. The molecule has 3 N–H and O–H groups in total.